The van der Waals surface area contributed by atoms with Gasteiger partial charge in [0.05, 0.1) is 5.69 Å². The zero-order valence-corrected chi connectivity index (χ0v) is 13.5. The molecule has 0 aliphatic carbocycles. The summed E-state index contributed by atoms with van der Waals surface area (Å²) in [7, 11) is 0. The van der Waals surface area contributed by atoms with Gasteiger partial charge in [-0.2, -0.15) is 0 Å². The fraction of sp³-hybridized carbons (Fsp3) is 0.211. The SMILES string of the molecule is Cc1cccc(/C=C2/Oc3ccc(N)cc3N(CCCO)C2=O)c1. The Morgan fingerprint density at radius 3 is 2.83 bits per heavy atom. The Balaban J connectivity index is 2.01. The lowest BCUT2D eigenvalue weighted by molar-refractivity contribution is -0.117. The molecule has 3 rings (SSSR count). The largest absolute Gasteiger partial charge is 0.449 e. The van der Waals surface area contributed by atoms with Crippen molar-refractivity contribution in [1.82, 2.24) is 0 Å². The summed E-state index contributed by atoms with van der Waals surface area (Å²) in [5.41, 5.74) is 9.04. The number of carbonyl (C=O) groups is 1. The lowest BCUT2D eigenvalue weighted by atomic mass is 10.1. The molecule has 0 spiro atoms. The van der Waals surface area contributed by atoms with E-state index in [-0.39, 0.29) is 18.3 Å². The molecule has 24 heavy (non-hydrogen) atoms. The molecule has 5 heteroatoms. The van der Waals surface area contributed by atoms with Gasteiger partial charge >= 0.3 is 0 Å². The third-order valence-corrected chi connectivity index (χ3v) is 3.83. The quantitative estimate of drug-likeness (QED) is 0.670. The van der Waals surface area contributed by atoms with E-state index in [0.29, 0.717) is 30.1 Å². The maximum atomic E-state index is 12.8. The van der Waals surface area contributed by atoms with Crippen LogP contribution >= 0.6 is 0 Å². The van der Waals surface area contributed by atoms with E-state index in [4.69, 9.17) is 15.6 Å². The standard InChI is InChI=1S/C19H20N2O3/c1-13-4-2-5-14(10-13)11-18-19(23)21(8-3-9-22)16-12-15(20)6-7-17(16)24-18/h2,4-7,10-12,22H,3,8-9,20H2,1H3/b18-11+. The lowest BCUT2D eigenvalue weighted by Gasteiger charge is -2.30. The number of ether oxygens (including phenoxy) is 1. The molecule has 1 aliphatic heterocycles. The number of benzene rings is 2. The number of aliphatic hydroxyl groups is 1. The molecule has 0 unspecified atom stereocenters. The van der Waals surface area contributed by atoms with E-state index in [0.717, 1.165) is 11.1 Å². The van der Waals surface area contributed by atoms with Crippen LogP contribution in [-0.4, -0.2) is 24.2 Å². The van der Waals surface area contributed by atoms with E-state index < -0.39 is 0 Å². The van der Waals surface area contributed by atoms with Crippen LogP contribution in [0.15, 0.2) is 48.2 Å². The molecule has 3 N–H and O–H groups in total. The van der Waals surface area contributed by atoms with Gasteiger partial charge in [-0.25, -0.2) is 0 Å². The van der Waals surface area contributed by atoms with Crippen molar-refractivity contribution in [3.05, 3.63) is 59.4 Å². The molecule has 5 nitrogen and oxygen atoms in total. The minimum Gasteiger partial charge on any atom is -0.449 e. The molecule has 2 aromatic carbocycles. The Kier molecular flexibility index (Phi) is 4.53. The predicted molar refractivity (Wildman–Crippen MR) is 94.7 cm³/mol. The molecule has 0 aromatic heterocycles. The number of anilines is 2. The normalized spacial score (nSPS) is 15.3. The number of fused-ring (bicyclic) bond motifs is 1. The smallest absolute Gasteiger partial charge is 0.294 e. The summed E-state index contributed by atoms with van der Waals surface area (Å²) < 4.78 is 5.81. The summed E-state index contributed by atoms with van der Waals surface area (Å²) in [6, 6.07) is 13.1. The van der Waals surface area contributed by atoms with E-state index in [2.05, 4.69) is 0 Å². The summed E-state index contributed by atoms with van der Waals surface area (Å²) in [6.45, 7) is 2.41. The van der Waals surface area contributed by atoms with Gasteiger partial charge in [-0.05, 0) is 43.2 Å². The molecular weight excluding hydrogens is 304 g/mol. The molecule has 124 valence electrons. The highest BCUT2D eigenvalue weighted by Crippen LogP contribution is 2.37. The fourth-order valence-corrected chi connectivity index (χ4v) is 2.69. The number of nitrogens with two attached hydrogens (primary N) is 1. The topological polar surface area (TPSA) is 75.8 Å². The first-order valence-electron chi connectivity index (χ1n) is 7.87. The summed E-state index contributed by atoms with van der Waals surface area (Å²) >= 11 is 0. The van der Waals surface area contributed by atoms with E-state index in [1.165, 1.54) is 0 Å². The number of aryl methyl sites for hydroxylation is 1. The lowest BCUT2D eigenvalue weighted by Crippen LogP contribution is -2.38. The molecule has 0 atom stereocenters. The van der Waals surface area contributed by atoms with Crippen LogP contribution in [0.1, 0.15) is 17.5 Å². The van der Waals surface area contributed by atoms with E-state index in [1.54, 1.807) is 29.2 Å². The summed E-state index contributed by atoms with van der Waals surface area (Å²) in [5.74, 6) is 0.611. The zero-order valence-electron chi connectivity index (χ0n) is 13.5. The molecule has 0 saturated heterocycles. The maximum Gasteiger partial charge on any atom is 0.294 e. The van der Waals surface area contributed by atoms with E-state index in [9.17, 15) is 4.79 Å². The maximum absolute atomic E-state index is 12.8. The van der Waals surface area contributed by atoms with Gasteiger partial charge in [0.15, 0.2) is 11.5 Å². The van der Waals surface area contributed by atoms with Crippen molar-refractivity contribution in [2.45, 2.75) is 13.3 Å². The number of nitrogens with zero attached hydrogens (tertiary/aromatic N) is 1. The van der Waals surface area contributed by atoms with Crippen molar-refractivity contribution in [1.29, 1.82) is 0 Å². The Morgan fingerprint density at radius 2 is 2.08 bits per heavy atom. The highest BCUT2D eigenvalue weighted by molar-refractivity contribution is 6.10. The van der Waals surface area contributed by atoms with Crippen LogP contribution in [0.2, 0.25) is 0 Å². The average Bonchev–Trinajstić information content (AvgIpc) is 2.55. The van der Waals surface area contributed by atoms with Gasteiger partial charge in [0.25, 0.3) is 5.91 Å². The van der Waals surface area contributed by atoms with Crippen LogP contribution in [0.5, 0.6) is 5.75 Å². The van der Waals surface area contributed by atoms with Crippen LogP contribution < -0.4 is 15.4 Å². The minimum absolute atomic E-state index is 0.0131. The molecule has 2 aromatic rings. The third kappa shape index (κ3) is 3.26. The number of carbonyl (C=O) groups excluding carboxylic acids is 1. The summed E-state index contributed by atoms with van der Waals surface area (Å²) in [6.07, 6.45) is 2.22. The van der Waals surface area contributed by atoms with E-state index in [1.807, 2.05) is 31.2 Å². The number of hydrogen-bond acceptors (Lipinski definition) is 4. The number of nitrogen functional groups attached to an aromatic ring is 1. The van der Waals surface area contributed by atoms with Crippen LogP contribution in [-0.2, 0) is 4.79 Å². The van der Waals surface area contributed by atoms with Gasteiger partial charge in [-0.3, -0.25) is 4.79 Å². The zero-order chi connectivity index (χ0) is 17.1. The van der Waals surface area contributed by atoms with Crippen molar-refractivity contribution < 1.29 is 14.6 Å². The van der Waals surface area contributed by atoms with Gasteiger partial charge in [-0.1, -0.05) is 29.8 Å². The number of hydrogen-bond donors (Lipinski definition) is 2. The molecule has 1 heterocycles. The molecule has 0 saturated carbocycles. The predicted octanol–water partition coefficient (Wildman–Crippen LogP) is 2.73. The third-order valence-electron chi connectivity index (χ3n) is 3.83. The average molecular weight is 324 g/mol. The van der Waals surface area contributed by atoms with Crippen LogP contribution in [0.3, 0.4) is 0 Å². The first-order chi connectivity index (χ1) is 11.6. The van der Waals surface area contributed by atoms with Crippen LogP contribution in [0, 0.1) is 6.92 Å². The van der Waals surface area contributed by atoms with Crippen molar-refractivity contribution in [2.75, 3.05) is 23.8 Å². The highest BCUT2D eigenvalue weighted by atomic mass is 16.5. The monoisotopic (exact) mass is 324 g/mol. The van der Waals surface area contributed by atoms with Crippen LogP contribution in [0.25, 0.3) is 6.08 Å². The van der Waals surface area contributed by atoms with Gasteiger partial charge in [-0.15, -0.1) is 0 Å². The molecule has 0 bridgehead atoms. The number of amides is 1. The second-order valence-electron chi connectivity index (χ2n) is 5.79. The molecule has 1 amide bonds. The molecule has 0 radical (unpaired) electrons. The Morgan fingerprint density at radius 1 is 1.25 bits per heavy atom. The van der Waals surface area contributed by atoms with Crippen molar-refractivity contribution >= 4 is 23.4 Å². The minimum atomic E-state index is -0.233. The summed E-state index contributed by atoms with van der Waals surface area (Å²) in [5, 5.41) is 9.11. The van der Waals surface area contributed by atoms with Gasteiger partial charge in [0, 0.05) is 18.8 Å². The number of rotatable bonds is 4. The van der Waals surface area contributed by atoms with Gasteiger partial charge in [0.1, 0.15) is 0 Å². The van der Waals surface area contributed by atoms with E-state index >= 15 is 0 Å². The Bertz CT molecular complexity index is 799. The molecule has 0 fully saturated rings. The Labute approximate surface area is 141 Å². The van der Waals surface area contributed by atoms with Crippen molar-refractivity contribution in [2.24, 2.45) is 0 Å². The first kappa shape index (κ1) is 16.1. The highest BCUT2D eigenvalue weighted by Gasteiger charge is 2.30. The summed E-state index contributed by atoms with van der Waals surface area (Å²) in [4.78, 5) is 14.4. The van der Waals surface area contributed by atoms with Crippen LogP contribution in [0.4, 0.5) is 11.4 Å². The Hall–Kier alpha value is -2.79. The number of aliphatic hydroxyl groups excluding tert-OH is 1. The first-order valence-corrected chi connectivity index (χ1v) is 7.87. The molecular formula is C19H20N2O3. The van der Waals surface area contributed by atoms with Gasteiger partial charge < -0.3 is 20.5 Å². The fourth-order valence-electron chi connectivity index (χ4n) is 2.69. The van der Waals surface area contributed by atoms with Crippen molar-refractivity contribution in [3.8, 4) is 5.75 Å². The molecule has 1 aliphatic rings. The van der Waals surface area contributed by atoms with Gasteiger partial charge in [0.2, 0.25) is 0 Å². The second kappa shape index (κ2) is 6.76. The van der Waals surface area contributed by atoms with Crippen molar-refractivity contribution in [3.63, 3.8) is 0 Å². The second-order valence-corrected chi connectivity index (χ2v) is 5.79.